The Bertz CT molecular complexity index is 1580. The van der Waals surface area contributed by atoms with Gasteiger partial charge in [-0.25, -0.2) is 0 Å². The third-order valence-corrected chi connectivity index (χ3v) is 7.85. The Balaban J connectivity index is 1.62. The topological polar surface area (TPSA) is 78.8 Å². The molecule has 3 aromatic carbocycles. The van der Waals surface area contributed by atoms with E-state index < -0.39 is 11.8 Å². The number of aliphatic imine (C=N–C) groups is 1. The summed E-state index contributed by atoms with van der Waals surface area (Å²) in [5.74, 6) is -1.68. The van der Waals surface area contributed by atoms with Crippen LogP contribution in [0.1, 0.15) is 29.7 Å². The summed E-state index contributed by atoms with van der Waals surface area (Å²) in [6.45, 7) is 5.45. The van der Waals surface area contributed by atoms with Gasteiger partial charge in [0.15, 0.2) is 5.17 Å². The van der Waals surface area contributed by atoms with Gasteiger partial charge in [-0.2, -0.15) is 4.99 Å². The van der Waals surface area contributed by atoms with Crippen molar-refractivity contribution in [2.75, 3.05) is 5.75 Å². The third kappa shape index (κ3) is 7.56. The summed E-state index contributed by atoms with van der Waals surface area (Å²) in [6.07, 6.45) is 8.04. The number of rotatable bonds is 9. The first kappa shape index (κ1) is 30.8. The first-order valence-corrected chi connectivity index (χ1v) is 14.7. The zero-order chi connectivity index (χ0) is 30.1. The number of carbonyl (C=O) groups excluding carboxylic acids is 3. The molecule has 0 bridgehead atoms. The highest BCUT2D eigenvalue weighted by Gasteiger charge is 2.35. The number of thioether (sulfide) groups is 1. The number of benzene rings is 3. The van der Waals surface area contributed by atoms with Crippen molar-refractivity contribution in [2.45, 2.75) is 13.0 Å². The van der Waals surface area contributed by atoms with Crippen LogP contribution >= 0.6 is 35.0 Å². The average molecular weight is 617 g/mol. The number of amides is 3. The van der Waals surface area contributed by atoms with Crippen LogP contribution in [0.15, 0.2) is 126 Å². The van der Waals surface area contributed by atoms with Crippen LogP contribution < -0.4 is 5.32 Å². The molecule has 0 aliphatic carbocycles. The Morgan fingerprint density at radius 2 is 1.64 bits per heavy atom. The molecule has 0 spiro atoms. The molecule has 0 fully saturated rings. The van der Waals surface area contributed by atoms with E-state index in [1.165, 1.54) is 11.0 Å². The zero-order valence-corrected chi connectivity index (χ0v) is 25.0. The smallest absolute Gasteiger partial charge is 0.285 e. The predicted octanol–water partition coefficient (Wildman–Crippen LogP) is 7.39. The summed E-state index contributed by atoms with van der Waals surface area (Å²) >= 11 is 13.2. The van der Waals surface area contributed by atoms with Gasteiger partial charge in [-0.15, -0.1) is 0 Å². The van der Waals surface area contributed by atoms with Gasteiger partial charge in [0.2, 0.25) is 5.91 Å². The van der Waals surface area contributed by atoms with Gasteiger partial charge in [0, 0.05) is 5.70 Å². The minimum atomic E-state index is -0.722. The van der Waals surface area contributed by atoms with Gasteiger partial charge >= 0.3 is 0 Å². The molecular formula is C33H27Cl2N3O3S. The number of amidine groups is 1. The molecule has 0 unspecified atom stereocenters. The standard InChI is InChI=1S/C33H27Cl2N3O3S/c1-3-5-16-25(4-2)38-32(41)26(19-22-17-18-27(34)28(35)20-22)31(40)37-33(38)42-21-29(39)36-30(23-12-8-6-9-13-23)24-14-10-7-11-15-24/h3-20,30H,1,21H2,2H3,(H,36,39)/b16-5-,25-4+,26-19+. The predicted molar refractivity (Wildman–Crippen MR) is 172 cm³/mol. The van der Waals surface area contributed by atoms with Crippen LogP contribution in [-0.2, 0) is 14.4 Å². The molecule has 4 rings (SSSR count). The molecule has 0 saturated heterocycles. The first-order valence-electron chi connectivity index (χ1n) is 12.9. The largest absolute Gasteiger partial charge is 0.344 e. The van der Waals surface area contributed by atoms with Crippen molar-refractivity contribution in [1.29, 1.82) is 0 Å². The van der Waals surface area contributed by atoms with E-state index in [2.05, 4.69) is 16.9 Å². The van der Waals surface area contributed by atoms with Crippen LogP contribution in [0.2, 0.25) is 10.0 Å². The number of carbonyl (C=O) groups is 3. The summed E-state index contributed by atoms with van der Waals surface area (Å²) in [6, 6.07) is 23.7. The van der Waals surface area contributed by atoms with Crippen LogP contribution in [0.4, 0.5) is 0 Å². The fourth-order valence-electron chi connectivity index (χ4n) is 4.16. The van der Waals surface area contributed by atoms with E-state index in [0.29, 0.717) is 16.3 Å². The van der Waals surface area contributed by atoms with Crippen molar-refractivity contribution in [3.63, 3.8) is 0 Å². The second-order valence-corrected chi connectivity index (χ2v) is 10.7. The van der Waals surface area contributed by atoms with E-state index >= 15 is 0 Å². The lowest BCUT2D eigenvalue weighted by Gasteiger charge is -2.28. The monoisotopic (exact) mass is 615 g/mol. The van der Waals surface area contributed by atoms with Gasteiger partial charge in [0.05, 0.1) is 21.8 Å². The molecule has 6 nitrogen and oxygen atoms in total. The molecule has 1 aliphatic heterocycles. The molecule has 0 saturated carbocycles. The average Bonchev–Trinajstić information content (AvgIpc) is 3.00. The van der Waals surface area contributed by atoms with E-state index in [9.17, 15) is 14.4 Å². The molecule has 42 heavy (non-hydrogen) atoms. The Morgan fingerprint density at radius 1 is 1.00 bits per heavy atom. The zero-order valence-electron chi connectivity index (χ0n) is 22.7. The van der Waals surface area contributed by atoms with E-state index in [-0.39, 0.29) is 33.5 Å². The van der Waals surface area contributed by atoms with Crippen molar-refractivity contribution < 1.29 is 14.4 Å². The second-order valence-electron chi connectivity index (χ2n) is 8.99. The molecule has 0 aromatic heterocycles. The van der Waals surface area contributed by atoms with Gasteiger partial charge in [0.1, 0.15) is 5.57 Å². The van der Waals surface area contributed by atoms with Crippen molar-refractivity contribution in [3.8, 4) is 0 Å². The van der Waals surface area contributed by atoms with Gasteiger partial charge in [-0.3, -0.25) is 19.3 Å². The van der Waals surface area contributed by atoms with Crippen molar-refractivity contribution >= 4 is 63.9 Å². The summed E-state index contributed by atoms with van der Waals surface area (Å²) in [4.78, 5) is 45.6. The fourth-order valence-corrected chi connectivity index (χ4v) is 5.28. The SMILES string of the molecule is C=C/C=C\C(=C/C)N1C(=O)/C(=C/c2ccc(Cl)c(Cl)c2)C(=O)N=C1SCC(=O)NC(c1ccccc1)c1ccccc1. The fraction of sp³-hybridized carbons (Fsp3) is 0.0909. The summed E-state index contributed by atoms with van der Waals surface area (Å²) in [7, 11) is 0. The van der Waals surface area contributed by atoms with E-state index in [0.717, 1.165) is 22.9 Å². The van der Waals surface area contributed by atoms with E-state index in [1.54, 1.807) is 49.4 Å². The molecular weight excluding hydrogens is 589 g/mol. The highest BCUT2D eigenvalue weighted by atomic mass is 35.5. The van der Waals surface area contributed by atoms with Crippen molar-refractivity contribution in [2.24, 2.45) is 4.99 Å². The summed E-state index contributed by atoms with van der Waals surface area (Å²) in [5, 5.41) is 3.80. The molecule has 0 atom stereocenters. The van der Waals surface area contributed by atoms with Gasteiger partial charge in [0.25, 0.3) is 11.8 Å². The van der Waals surface area contributed by atoms with Crippen LogP contribution in [0.25, 0.3) is 6.08 Å². The number of nitrogens with zero attached hydrogens (tertiary/aromatic N) is 2. The van der Waals surface area contributed by atoms with Crippen LogP contribution in [0.3, 0.4) is 0 Å². The Kier molecular flexibility index (Phi) is 10.7. The highest BCUT2D eigenvalue weighted by Crippen LogP contribution is 2.29. The van der Waals surface area contributed by atoms with Crippen molar-refractivity contribution in [1.82, 2.24) is 10.2 Å². The molecule has 1 aliphatic rings. The lowest BCUT2D eigenvalue weighted by Crippen LogP contribution is -2.42. The maximum atomic E-state index is 13.7. The minimum absolute atomic E-state index is 0.0833. The van der Waals surface area contributed by atoms with Gasteiger partial charge < -0.3 is 5.32 Å². The molecule has 3 aromatic rings. The second kappa shape index (κ2) is 14.6. The van der Waals surface area contributed by atoms with Gasteiger partial charge in [-0.1, -0.05) is 127 Å². The van der Waals surface area contributed by atoms with Crippen LogP contribution in [0, 0.1) is 0 Å². The normalized spacial score (nSPS) is 15.0. The summed E-state index contributed by atoms with van der Waals surface area (Å²) in [5.41, 5.74) is 2.68. The lowest BCUT2D eigenvalue weighted by atomic mass is 9.99. The highest BCUT2D eigenvalue weighted by molar-refractivity contribution is 8.14. The third-order valence-electron chi connectivity index (χ3n) is 6.17. The molecule has 9 heteroatoms. The molecule has 212 valence electrons. The Morgan fingerprint density at radius 3 is 2.21 bits per heavy atom. The quantitative estimate of drug-likeness (QED) is 0.155. The number of hydrogen-bond acceptors (Lipinski definition) is 4. The maximum absolute atomic E-state index is 13.7. The number of halogens is 2. The van der Waals surface area contributed by atoms with Gasteiger partial charge in [-0.05, 0) is 47.9 Å². The van der Waals surface area contributed by atoms with Crippen LogP contribution in [-0.4, -0.2) is 33.5 Å². The molecule has 3 amide bonds. The lowest BCUT2D eigenvalue weighted by molar-refractivity contribution is -0.126. The molecule has 1 heterocycles. The van der Waals surface area contributed by atoms with E-state index in [4.69, 9.17) is 23.2 Å². The van der Waals surface area contributed by atoms with Crippen molar-refractivity contribution in [3.05, 3.63) is 148 Å². The summed E-state index contributed by atoms with van der Waals surface area (Å²) < 4.78 is 0. The van der Waals surface area contributed by atoms with Crippen LogP contribution in [0.5, 0.6) is 0 Å². The number of allylic oxidation sites excluding steroid dienone is 4. The number of nitrogens with one attached hydrogen (secondary N) is 1. The Hall–Kier alpha value is -4.17. The molecule has 0 radical (unpaired) electrons. The maximum Gasteiger partial charge on any atom is 0.285 e. The van der Waals surface area contributed by atoms with E-state index in [1.807, 2.05) is 60.7 Å². The minimum Gasteiger partial charge on any atom is -0.344 e. The Labute approximate surface area is 259 Å². The molecule has 1 N–H and O–H groups in total. The first-order chi connectivity index (χ1) is 20.3. The number of hydrogen-bond donors (Lipinski definition) is 1.